The van der Waals surface area contributed by atoms with Crippen LogP contribution in [0.2, 0.25) is 0 Å². The molecule has 0 saturated carbocycles. The molecule has 3 heteroatoms. The van der Waals surface area contributed by atoms with Crippen molar-refractivity contribution in [2.75, 3.05) is 11.9 Å². The SMILES string of the molecule is CN(c1ccc(C(C)(C)C)cc1)c1nc(-c2ccc(C(C)(C)C)cc2)nc2ccccc12. The molecule has 0 radical (unpaired) electrons. The zero-order valence-electron chi connectivity index (χ0n) is 20.3. The fourth-order valence-corrected chi connectivity index (χ4v) is 3.87. The first-order valence-electron chi connectivity index (χ1n) is 11.3. The number of hydrogen-bond acceptors (Lipinski definition) is 3. The maximum atomic E-state index is 5.03. The second-order valence-corrected chi connectivity index (χ2v) is 10.6. The number of aromatic nitrogens is 2. The summed E-state index contributed by atoms with van der Waals surface area (Å²) in [4.78, 5) is 12.1. The van der Waals surface area contributed by atoms with Crippen molar-refractivity contribution in [3.63, 3.8) is 0 Å². The monoisotopic (exact) mass is 423 g/mol. The molecule has 4 rings (SSSR count). The van der Waals surface area contributed by atoms with Crippen LogP contribution < -0.4 is 4.90 Å². The molecule has 1 aromatic heterocycles. The zero-order chi connectivity index (χ0) is 23.1. The highest BCUT2D eigenvalue weighted by molar-refractivity contribution is 5.92. The van der Waals surface area contributed by atoms with Crippen molar-refractivity contribution in [3.8, 4) is 11.4 Å². The molecule has 0 aliphatic rings. The Morgan fingerprint density at radius 3 is 1.72 bits per heavy atom. The van der Waals surface area contributed by atoms with E-state index in [0.29, 0.717) is 0 Å². The second kappa shape index (κ2) is 8.05. The van der Waals surface area contributed by atoms with E-state index < -0.39 is 0 Å². The third-order valence-electron chi connectivity index (χ3n) is 6.03. The predicted octanol–water partition coefficient (Wildman–Crippen LogP) is 7.66. The molecule has 1 heterocycles. The van der Waals surface area contributed by atoms with Crippen LogP contribution in [0.5, 0.6) is 0 Å². The van der Waals surface area contributed by atoms with Crippen LogP contribution in [0.15, 0.2) is 72.8 Å². The minimum Gasteiger partial charge on any atom is -0.329 e. The Kier molecular flexibility index (Phi) is 5.54. The lowest BCUT2D eigenvalue weighted by Gasteiger charge is -2.23. The average molecular weight is 424 g/mol. The highest BCUT2D eigenvalue weighted by atomic mass is 15.2. The molecule has 164 valence electrons. The summed E-state index contributed by atoms with van der Waals surface area (Å²) in [5.41, 5.74) is 5.96. The summed E-state index contributed by atoms with van der Waals surface area (Å²) >= 11 is 0. The summed E-state index contributed by atoms with van der Waals surface area (Å²) < 4.78 is 0. The lowest BCUT2D eigenvalue weighted by molar-refractivity contribution is 0.590. The number of para-hydroxylation sites is 1. The number of hydrogen-bond donors (Lipinski definition) is 0. The minimum atomic E-state index is 0.118. The van der Waals surface area contributed by atoms with Crippen molar-refractivity contribution in [1.29, 1.82) is 0 Å². The van der Waals surface area contributed by atoms with E-state index in [4.69, 9.17) is 9.97 Å². The van der Waals surface area contributed by atoms with Gasteiger partial charge in [0.25, 0.3) is 0 Å². The summed E-state index contributed by atoms with van der Waals surface area (Å²) in [6.45, 7) is 13.4. The molecule has 32 heavy (non-hydrogen) atoms. The first-order valence-corrected chi connectivity index (χ1v) is 11.3. The Morgan fingerprint density at radius 2 is 1.16 bits per heavy atom. The molecule has 0 bridgehead atoms. The van der Waals surface area contributed by atoms with Gasteiger partial charge in [0.2, 0.25) is 0 Å². The minimum absolute atomic E-state index is 0.118. The van der Waals surface area contributed by atoms with Gasteiger partial charge in [-0.05, 0) is 46.2 Å². The van der Waals surface area contributed by atoms with Gasteiger partial charge in [-0.3, -0.25) is 0 Å². The smallest absolute Gasteiger partial charge is 0.162 e. The highest BCUT2D eigenvalue weighted by Gasteiger charge is 2.18. The van der Waals surface area contributed by atoms with Crippen molar-refractivity contribution in [3.05, 3.63) is 83.9 Å². The Balaban J connectivity index is 1.79. The first kappa shape index (κ1) is 22.0. The van der Waals surface area contributed by atoms with Gasteiger partial charge in [0, 0.05) is 23.7 Å². The Morgan fingerprint density at radius 1 is 0.625 bits per heavy atom. The molecule has 0 amide bonds. The summed E-state index contributed by atoms with van der Waals surface area (Å²) in [5, 5.41) is 1.05. The van der Waals surface area contributed by atoms with Crippen molar-refractivity contribution in [1.82, 2.24) is 9.97 Å². The zero-order valence-corrected chi connectivity index (χ0v) is 20.3. The molecular weight excluding hydrogens is 390 g/mol. The summed E-state index contributed by atoms with van der Waals surface area (Å²) in [6.07, 6.45) is 0. The van der Waals surface area contributed by atoms with Crippen LogP contribution in [0, 0.1) is 0 Å². The van der Waals surface area contributed by atoms with Crippen molar-refractivity contribution in [2.45, 2.75) is 52.4 Å². The van der Waals surface area contributed by atoms with Crippen LogP contribution in [0.4, 0.5) is 11.5 Å². The van der Waals surface area contributed by atoms with E-state index in [2.05, 4.69) is 114 Å². The third kappa shape index (κ3) is 4.38. The first-order chi connectivity index (χ1) is 15.0. The van der Waals surface area contributed by atoms with Gasteiger partial charge in [-0.15, -0.1) is 0 Å². The van der Waals surface area contributed by atoms with Crippen molar-refractivity contribution < 1.29 is 0 Å². The number of benzene rings is 3. The largest absolute Gasteiger partial charge is 0.329 e. The van der Waals surface area contributed by atoms with Crippen LogP contribution >= 0.6 is 0 Å². The van der Waals surface area contributed by atoms with Gasteiger partial charge in [-0.1, -0.05) is 90.1 Å². The number of nitrogens with zero attached hydrogens (tertiary/aromatic N) is 3. The number of anilines is 2. The molecule has 0 spiro atoms. The lowest BCUT2D eigenvalue weighted by Crippen LogP contribution is -2.14. The molecule has 4 aromatic rings. The van der Waals surface area contributed by atoms with Crippen LogP contribution in [-0.4, -0.2) is 17.0 Å². The van der Waals surface area contributed by atoms with Crippen LogP contribution in [-0.2, 0) is 10.8 Å². The van der Waals surface area contributed by atoms with E-state index in [9.17, 15) is 0 Å². The molecule has 0 fully saturated rings. The van der Waals surface area contributed by atoms with E-state index in [1.807, 2.05) is 12.1 Å². The van der Waals surface area contributed by atoms with Gasteiger partial charge in [-0.2, -0.15) is 0 Å². The fraction of sp³-hybridized carbons (Fsp3) is 0.310. The predicted molar refractivity (Wildman–Crippen MR) is 137 cm³/mol. The molecule has 0 N–H and O–H groups in total. The lowest BCUT2D eigenvalue weighted by atomic mass is 9.86. The van der Waals surface area contributed by atoms with Crippen molar-refractivity contribution in [2.24, 2.45) is 0 Å². The normalized spacial score (nSPS) is 12.2. The maximum Gasteiger partial charge on any atom is 0.162 e. The molecule has 0 atom stereocenters. The molecule has 3 aromatic carbocycles. The Hall–Kier alpha value is -3.20. The standard InChI is InChI=1S/C29H33N3/c1-28(2,3)21-14-12-20(13-15-21)26-30-25-11-9-8-10-24(25)27(31-26)32(7)23-18-16-22(17-19-23)29(4,5)6/h8-19H,1-7H3. The van der Waals surface area contributed by atoms with Crippen LogP contribution in [0.25, 0.3) is 22.3 Å². The summed E-state index contributed by atoms with van der Waals surface area (Å²) in [5.74, 6) is 1.66. The van der Waals surface area contributed by atoms with E-state index in [0.717, 1.165) is 33.8 Å². The molecule has 0 saturated heterocycles. The van der Waals surface area contributed by atoms with Gasteiger partial charge in [0.1, 0.15) is 5.82 Å². The highest BCUT2D eigenvalue weighted by Crippen LogP contribution is 2.33. The van der Waals surface area contributed by atoms with Gasteiger partial charge in [0.15, 0.2) is 5.82 Å². The maximum absolute atomic E-state index is 5.03. The second-order valence-electron chi connectivity index (χ2n) is 10.6. The van der Waals surface area contributed by atoms with Gasteiger partial charge in [0.05, 0.1) is 5.52 Å². The van der Waals surface area contributed by atoms with E-state index in [-0.39, 0.29) is 10.8 Å². The quantitative estimate of drug-likeness (QED) is 0.339. The average Bonchev–Trinajstić information content (AvgIpc) is 2.77. The van der Waals surface area contributed by atoms with E-state index in [1.165, 1.54) is 11.1 Å². The fourth-order valence-electron chi connectivity index (χ4n) is 3.87. The molecule has 0 unspecified atom stereocenters. The molecule has 0 aliphatic carbocycles. The van der Waals surface area contributed by atoms with Gasteiger partial charge < -0.3 is 4.90 Å². The number of rotatable bonds is 3. The van der Waals surface area contributed by atoms with Crippen LogP contribution in [0.1, 0.15) is 52.7 Å². The van der Waals surface area contributed by atoms with E-state index >= 15 is 0 Å². The molecular formula is C29H33N3. The summed E-state index contributed by atoms with van der Waals surface area (Å²) in [7, 11) is 2.08. The van der Waals surface area contributed by atoms with Crippen molar-refractivity contribution >= 4 is 22.4 Å². The van der Waals surface area contributed by atoms with E-state index in [1.54, 1.807) is 0 Å². The van der Waals surface area contributed by atoms with Gasteiger partial charge >= 0.3 is 0 Å². The number of fused-ring (bicyclic) bond motifs is 1. The Bertz CT molecular complexity index is 1220. The Labute approximate surface area is 192 Å². The van der Waals surface area contributed by atoms with Gasteiger partial charge in [-0.25, -0.2) is 9.97 Å². The molecule has 0 aliphatic heterocycles. The topological polar surface area (TPSA) is 29.0 Å². The summed E-state index contributed by atoms with van der Waals surface area (Å²) in [6, 6.07) is 25.6. The molecule has 3 nitrogen and oxygen atoms in total. The third-order valence-corrected chi connectivity index (χ3v) is 6.03. The van der Waals surface area contributed by atoms with Crippen LogP contribution in [0.3, 0.4) is 0 Å².